The van der Waals surface area contributed by atoms with Crippen LogP contribution in [0.3, 0.4) is 0 Å². The second kappa shape index (κ2) is 8.69. The zero-order valence-corrected chi connectivity index (χ0v) is 15.2. The number of carbonyl (C=O) groups excluding carboxylic acids is 2. The van der Waals surface area contributed by atoms with Crippen LogP contribution >= 0.6 is 28.3 Å². The van der Waals surface area contributed by atoms with E-state index in [0.717, 1.165) is 11.3 Å². The van der Waals surface area contributed by atoms with Gasteiger partial charge in [-0.25, -0.2) is 14.6 Å². The van der Waals surface area contributed by atoms with E-state index in [1.165, 1.54) is 5.38 Å². The Morgan fingerprint density at radius 1 is 1.45 bits per heavy atom. The predicted molar refractivity (Wildman–Crippen MR) is 89.0 cm³/mol. The van der Waals surface area contributed by atoms with Crippen LogP contribution in [0.1, 0.15) is 38.2 Å². The third-order valence-corrected chi connectivity index (χ3v) is 2.56. The van der Waals surface area contributed by atoms with Crippen LogP contribution in [0, 0.1) is 0 Å². The van der Waals surface area contributed by atoms with Crippen molar-refractivity contribution in [3.63, 3.8) is 0 Å². The van der Waals surface area contributed by atoms with Crippen molar-refractivity contribution >= 4 is 51.5 Å². The number of aromatic nitrogens is 1. The summed E-state index contributed by atoms with van der Waals surface area (Å²) in [4.78, 5) is 30.7. The van der Waals surface area contributed by atoms with Crippen molar-refractivity contribution in [1.82, 2.24) is 10.3 Å². The van der Waals surface area contributed by atoms with Crippen LogP contribution in [0.4, 0.5) is 9.93 Å². The Balaban J connectivity index is 0.00000441. The van der Waals surface area contributed by atoms with Crippen LogP contribution in [0.5, 0.6) is 0 Å². The van der Waals surface area contributed by atoms with E-state index in [1.54, 1.807) is 27.7 Å². The number of alkyl carbamates (subject to hydrolysis) is 1. The summed E-state index contributed by atoms with van der Waals surface area (Å²) in [5.41, 5.74) is 5.07. The zero-order valence-electron chi connectivity index (χ0n) is 12.7. The number of thiazole rings is 1. The van der Waals surface area contributed by atoms with Crippen molar-refractivity contribution in [1.29, 1.82) is 0 Å². The number of rotatable bonds is 3. The largest absolute Gasteiger partial charge is 0.461 e. The molecule has 0 fully saturated rings. The van der Waals surface area contributed by atoms with Gasteiger partial charge in [-0.3, -0.25) is 5.32 Å². The van der Waals surface area contributed by atoms with E-state index in [0.29, 0.717) is 0 Å². The second-order valence-electron chi connectivity index (χ2n) is 4.86. The van der Waals surface area contributed by atoms with Crippen LogP contribution < -0.4 is 11.1 Å². The van der Waals surface area contributed by atoms with Crippen LogP contribution in [0.15, 0.2) is 10.4 Å². The molecule has 0 aliphatic rings. The maximum Gasteiger partial charge on any atom is 0.414 e. The van der Waals surface area contributed by atoms with Crippen LogP contribution in [0.2, 0.25) is 0 Å². The van der Waals surface area contributed by atoms with Gasteiger partial charge in [0.25, 0.3) is 0 Å². The highest BCUT2D eigenvalue weighted by Crippen LogP contribution is 2.19. The maximum atomic E-state index is 11.5. The van der Waals surface area contributed by atoms with Crippen molar-refractivity contribution in [2.45, 2.75) is 33.3 Å². The van der Waals surface area contributed by atoms with Gasteiger partial charge in [-0.2, -0.15) is 4.99 Å². The standard InChI is InChI=1S/C12H18N4O4S.BrH/c1-5-19-8(17)7-6-21-10(14-7)15-9(13)16-11(18)20-12(2,3)4;/h6H,5H2,1-4H3,(H3,13,14,15,16,18);1H. The number of nitrogens with two attached hydrogens (primary N) is 1. The highest BCUT2D eigenvalue weighted by molar-refractivity contribution is 8.93. The van der Waals surface area contributed by atoms with Gasteiger partial charge >= 0.3 is 12.1 Å². The lowest BCUT2D eigenvalue weighted by molar-refractivity contribution is 0.0517. The molecule has 1 aromatic heterocycles. The molecular formula is C12H19BrN4O4S. The molecular weight excluding hydrogens is 376 g/mol. The average Bonchev–Trinajstić information content (AvgIpc) is 2.74. The van der Waals surface area contributed by atoms with Gasteiger partial charge in [-0.15, -0.1) is 28.3 Å². The van der Waals surface area contributed by atoms with Crippen LogP contribution in [-0.2, 0) is 9.47 Å². The van der Waals surface area contributed by atoms with Crippen molar-refractivity contribution < 1.29 is 19.1 Å². The molecule has 1 amide bonds. The number of aliphatic imine (C=N–C) groups is 1. The number of halogens is 1. The van der Waals surface area contributed by atoms with E-state index >= 15 is 0 Å². The summed E-state index contributed by atoms with van der Waals surface area (Å²) in [7, 11) is 0. The molecule has 1 rings (SSSR count). The van der Waals surface area contributed by atoms with E-state index in [-0.39, 0.29) is 40.4 Å². The molecule has 0 aliphatic carbocycles. The highest BCUT2D eigenvalue weighted by Gasteiger charge is 2.17. The van der Waals surface area contributed by atoms with Crippen molar-refractivity contribution in [2.24, 2.45) is 10.7 Å². The molecule has 0 aliphatic heterocycles. The molecule has 0 aromatic carbocycles. The van der Waals surface area contributed by atoms with Gasteiger partial charge in [0.1, 0.15) is 5.60 Å². The van der Waals surface area contributed by atoms with Gasteiger partial charge in [-0.1, -0.05) is 0 Å². The molecule has 1 heterocycles. The summed E-state index contributed by atoms with van der Waals surface area (Å²) in [6.07, 6.45) is -0.717. The number of nitrogens with one attached hydrogen (secondary N) is 1. The summed E-state index contributed by atoms with van der Waals surface area (Å²) in [5.74, 6) is -0.706. The average molecular weight is 395 g/mol. The fourth-order valence-electron chi connectivity index (χ4n) is 1.15. The highest BCUT2D eigenvalue weighted by atomic mass is 79.9. The molecule has 22 heavy (non-hydrogen) atoms. The molecule has 0 radical (unpaired) electrons. The lowest BCUT2D eigenvalue weighted by atomic mass is 10.2. The van der Waals surface area contributed by atoms with Gasteiger partial charge in [0, 0.05) is 5.38 Å². The van der Waals surface area contributed by atoms with E-state index in [1.807, 2.05) is 0 Å². The first-order valence-electron chi connectivity index (χ1n) is 6.18. The molecule has 0 saturated heterocycles. The number of carbonyl (C=O) groups is 2. The Hall–Kier alpha value is -1.68. The molecule has 3 N–H and O–H groups in total. The van der Waals surface area contributed by atoms with E-state index < -0.39 is 17.7 Å². The maximum absolute atomic E-state index is 11.5. The first kappa shape index (κ1) is 20.3. The lowest BCUT2D eigenvalue weighted by Gasteiger charge is -2.19. The molecule has 0 saturated carbocycles. The SMILES string of the molecule is Br.CCOC(=O)c1csc(/N=C(/N)NC(=O)OC(C)(C)C)n1. The molecule has 0 spiro atoms. The van der Waals surface area contributed by atoms with Crippen molar-refractivity contribution in [3.05, 3.63) is 11.1 Å². The Morgan fingerprint density at radius 2 is 2.09 bits per heavy atom. The summed E-state index contributed by atoms with van der Waals surface area (Å²) in [6, 6.07) is 0. The number of hydrogen-bond donors (Lipinski definition) is 2. The monoisotopic (exact) mass is 394 g/mol. The zero-order chi connectivity index (χ0) is 16.0. The Labute approximate surface area is 142 Å². The minimum absolute atomic E-state index is 0. The number of amides is 1. The molecule has 0 bridgehead atoms. The fraction of sp³-hybridized carbons (Fsp3) is 0.500. The normalized spacial score (nSPS) is 11.4. The van der Waals surface area contributed by atoms with Crippen LogP contribution in [-0.4, -0.2) is 35.2 Å². The Kier molecular flexibility index (Phi) is 8.02. The third kappa shape index (κ3) is 7.36. The number of hydrogen-bond acceptors (Lipinski definition) is 7. The topological polar surface area (TPSA) is 116 Å². The Morgan fingerprint density at radius 3 is 2.64 bits per heavy atom. The number of ether oxygens (including phenoxy) is 2. The number of nitrogens with zero attached hydrogens (tertiary/aromatic N) is 2. The summed E-state index contributed by atoms with van der Waals surface area (Å²) in [6.45, 7) is 7.15. The Bertz CT molecular complexity index is 554. The molecule has 0 atom stereocenters. The van der Waals surface area contributed by atoms with E-state index in [2.05, 4.69) is 15.3 Å². The predicted octanol–water partition coefficient (Wildman–Crippen LogP) is 2.37. The van der Waals surface area contributed by atoms with Gasteiger partial charge < -0.3 is 15.2 Å². The number of esters is 1. The van der Waals surface area contributed by atoms with Gasteiger partial charge in [-0.05, 0) is 27.7 Å². The quantitative estimate of drug-likeness (QED) is 0.461. The summed E-state index contributed by atoms with van der Waals surface area (Å²) in [5, 5.41) is 3.99. The van der Waals surface area contributed by atoms with Gasteiger partial charge in [0.05, 0.1) is 6.61 Å². The summed E-state index contributed by atoms with van der Waals surface area (Å²) < 4.78 is 9.82. The van der Waals surface area contributed by atoms with E-state index in [4.69, 9.17) is 15.2 Å². The minimum atomic E-state index is -0.717. The molecule has 10 heteroatoms. The third-order valence-electron chi connectivity index (χ3n) is 1.82. The fourth-order valence-corrected chi connectivity index (χ4v) is 1.82. The minimum Gasteiger partial charge on any atom is -0.461 e. The van der Waals surface area contributed by atoms with E-state index in [9.17, 15) is 9.59 Å². The smallest absolute Gasteiger partial charge is 0.414 e. The second-order valence-corrected chi connectivity index (χ2v) is 5.70. The summed E-state index contributed by atoms with van der Waals surface area (Å²) >= 11 is 1.10. The van der Waals surface area contributed by atoms with Crippen LogP contribution in [0.25, 0.3) is 0 Å². The lowest BCUT2D eigenvalue weighted by Crippen LogP contribution is -2.40. The number of guanidine groups is 1. The molecule has 8 nitrogen and oxygen atoms in total. The molecule has 0 unspecified atom stereocenters. The van der Waals surface area contributed by atoms with Gasteiger partial charge in [0.15, 0.2) is 5.69 Å². The molecule has 124 valence electrons. The first-order chi connectivity index (χ1) is 9.71. The first-order valence-corrected chi connectivity index (χ1v) is 7.06. The van der Waals surface area contributed by atoms with Gasteiger partial charge in [0.2, 0.25) is 11.1 Å². The molecule has 1 aromatic rings. The van der Waals surface area contributed by atoms with Crippen molar-refractivity contribution in [3.8, 4) is 0 Å². The van der Waals surface area contributed by atoms with Crippen molar-refractivity contribution in [2.75, 3.05) is 6.61 Å².